The van der Waals surface area contributed by atoms with Crippen LogP contribution in [0.15, 0.2) is 0 Å². The molecule has 0 aromatic rings. The lowest BCUT2D eigenvalue weighted by atomic mass is 10.4. The van der Waals surface area contributed by atoms with Gasteiger partial charge in [0.2, 0.25) is 0 Å². The molecule has 0 aromatic carbocycles. The third-order valence-electron chi connectivity index (χ3n) is 0.904. The Labute approximate surface area is 51.0 Å². The van der Waals surface area contributed by atoms with Crippen LogP contribution in [0, 0.1) is 0 Å². The molecule has 0 unspecified atom stereocenters. The van der Waals surface area contributed by atoms with Gasteiger partial charge in [-0.05, 0) is 6.42 Å². The van der Waals surface area contributed by atoms with Crippen LogP contribution in [0.2, 0.25) is 0 Å². The minimum absolute atomic E-state index is 0.643. The second-order valence-electron chi connectivity index (χ2n) is 1.75. The first kappa shape index (κ1) is 7.92. The molecule has 0 radical (unpaired) electrons. The van der Waals surface area contributed by atoms with Crippen LogP contribution < -0.4 is 5.73 Å². The molecule has 0 saturated carbocycles. The van der Waals surface area contributed by atoms with E-state index in [2.05, 4.69) is 6.92 Å². The van der Waals surface area contributed by atoms with Gasteiger partial charge in [0.25, 0.3) is 0 Å². The number of nitrogens with two attached hydrogens (primary N) is 1. The fraction of sp³-hybridized carbons (Fsp3) is 1.00. The van der Waals surface area contributed by atoms with Crippen molar-refractivity contribution in [2.24, 2.45) is 5.73 Å². The Bertz CT molecular complexity index is 33.5. The van der Waals surface area contributed by atoms with Gasteiger partial charge in [0.15, 0.2) is 0 Å². The van der Waals surface area contributed by atoms with Gasteiger partial charge in [0.05, 0.1) is 6.61 Å². The van der Waals surface area contributed by atoms with Gasteiger partial charge in [-0.2, -0.15) is 0 Å². The summed E-state index contributed by atoms with van der Waals surface area (Å²) in [6, 6.07) is 0. The number of unbranched alkanes of at least 4 members (excludes halogenated alkanes) is 1. The van der Waals surface area contributed by atoms with E-state index >= 15 is 0 Å². The molecule has 0 amide bonds. The lowest BCUT2D eigenvalue weighted by molar-refractivity contribution is 0.138. The molecule has 0 rings (SSSR count). The van der Waals surface area contributed by atoms with E-state index in [1.54, 1.807) is 0 Å². The number of ether oxygens (including phenoxy) is 1. The number of hydrogen-bond donors (Lipinski definition) is 1. The van der Waals surface area contributed by atoms with Gasteiger partial charge in [-0.3, -0.25) is 0 Å². The van der Waals surface area contributed by atoms with Gasteiger partial charge < -0.3 is 10.5 Å². The fourth-order valence-corrected chi connectivity index (χ4v) is 0.432. The van der Waals surface area contributed by atoms with Crippen molar-refractivity contribution in [3.05, 3.63) is 0 Å². The van der Waals surface area contributed by atoms with E-state index in [-0.39, 0.29) is 0 Å². The second kappa shape index (κ2) is 6.92. The van der Waals surface area contributed by atoms with Crippen molar-refractivity contribution in [3.8, 4) is 0 Å². The molecule has 0 atom stereocenters. The topological polar surface area (TPSA) is 35.2 Å². The molecule has 0 aliphatic rings. The van der Waals surface area contributed by atoms with Gasteiger partial charge in [0.1, 0.15) is 0 Å². The summed E-state index contributed by atoms with van der Waals surface area (Å²) in [5.41, 5.74) is 5.19. The molecular weight excluding hydrogens is 102 g/mol. The molecule has 0 spiro atoms. The maximum atomic E-state index is 5.19. The zero-order valence-electron chi connectivity index (χ0n) is 5.52. The highest BCUT2D eigenvalue weighted by Crippen LogP contribution is 1.85. The van der Waals surface area contributed by atoms with E-state index in [1.807, 2.05) is 0 Å². The van der Waals surface area contributed by atoms with Crippen LogP contribution in [-0.2, 0) is 4.74 Å². The Morgan fingerprint density at radius 1 is 1.38 bits per heavy atom. The van der Waals surface area contributed by atoms with Gasteiger partial charge >= 0.3 is 0 Å². The average molecular weight is 117 g/mol. The molecule has 50 valence electrons. The Morgan fingerprint density at radius 3 is 2.62 bits per heavy atom. The van der Waals surface area contributed by atoms with Crippen LogP contribution in [0.4, 0.5) is 0 Å². The highest BCUT2D eigenvalue weighted by molar-refractivity contribution is 4.33. The number of hydrogen-bond acceptors (Lipinski definition) is 2. The molecule has 0 heterocycles. The SMILES string of the molecule is CCCCOCCN. The summed E-state index contributed by atoms with van der Waals surface area (Å²) >= 11 is 0. The molecule has 2 N–H and O–H groups in total. The van der Waals surface area contributed by atoms with Crippen molar-refractivity contribution >= 4 is 0 Å². The summed E-state index contributed by atoms with van der Waals surface area (Å²) in [6.07, 6.45) is 2.35. The van der Waals surface area contributed by atoms with Crippen LogP contribution >= 0.6 is 0 Å². The first-order valence-corrected chi connectivity index (χ1v) is 3.19. The van der Waals surface area contributed by atoms with Gasteiger partial charge in [0, 0.05) is 13.2 Å². The molecular formula is C6H15NO. The van der Waals surface area contributed by atoms with E-state index < -0.39 is 0 Å². The quantitative estimate of drug-likeness (QED) is 0.539. The van der Waals surface area contributed by atoms with E-state index in [4.69, 9.17) is 10.5 Å². The summed E-state index contributed by atoms with van der Waals surface area (Å²) < 4.78 is 5.10. The largest absolute Gasteiger partial charge is 0.380 e. The Morgan fingerprint density at radius 2 is 2.12 bits per heavy atom. The normalized spacial score (nSPS) is 9.75. The third kappa shape index (κ3) is 5.92. The number of rotatable bonds is 5. The zero-order valence-corrected chi connectivity index (χ0v) is 5.52. The van der Waals surface area contributed by atoms with Gasteiger partial charge in [-0.1, -0.05) is 13.3 Å². The second-order valence-corrected chi connectivity index (χ2v) is 1.75. The standard InChI is InChI=1S/C6H15NO/c1-2-3-5-8-6-4-7/h2-7H2,1H3. The predicted molar refractivity (Wildman–Crippen MR) is 34.8 cm³/mol. The summed E-state index contributed by atoms with van der Waals surface area (Å²) in [5.74, 6) is 0. The molecule has 0 fully saturated rings. The molecule has 2 nitrogen and oxygen atoms in total. The minimum atomic E-state index is 0.643. The fourth-order valence-electron chi connectivity index (χ4n) is 0.432. The molecule has 2 heteroatoms. The van der Waals surface area contributed by atoms with Crippen molar-refractivity contribution in [2.75, 3.05) is 19.8 Å². The van der Waals surface area contributed by atoms with Crippen molar-refractivity contribution < 1.29 is 4.74 Å². The molecule has 0 aliphatic carbocycles. The van der Waals surface area contributed by atoms with Gasteiger partial charge in [-0.15, -0.1) is 0 Å². The third-order valence-corrected chi connectivity index (χ3v) is 0.904. The lowest BCUT2D eigenvalue weighted by Crippen LogP contribution is -2.08. The van der Waals surface area contributed by atoms with E-state index in [0.717, 1.165) is 13.0 Å². The Balaban J connectivity index is 2.53. The highest BCUT2D eigenvalue weighted by Gasteiger charge is 1.81. The van der Waals surface area contributed by atoms with Gasteiger partial charge in [-0.25, -0.2) is 0 Å². The van der Waals surface area contributed by atoms with E-state index in [9.17, 15) is 0 Å². The average Bonchev–Trinajstić information content (AvgIpc) is 1.81. The van der Waals surface area contributed by atoms with Crippen molar-refractivity contribution in [3.63, 3.8) is 0 Å². The van der Waals surface area contributed by atoms with Crippen LogP contribution in [-0.4, -0.2) is 19.8 Å². The zero-order chi connectivity index (χ0) is 6.24. The monoisotopic (exact) mass is 117 g/mol. The lowest BCUT2D eigenvalue weighted by Gasteiger charge is -1.97. The molecule has 0 bridgehead atoms. The maximum absolute atomic E-state index is 5.19. The summed E-state index contributed by atoms with van der Waals surface area (Å²) in [7, 11) is 0. The van der Waals surface area contributed by atoms with Crippen LogP contribution in [0.5, 0.6) is 0 Å². The minimum Gasteiger partial charge on any atom is -0.380 e. The molecule has 0 saturated heterocycles. The predicted octanol–water partition coefficient (Wildman–Crippen LogP) is 0.762. The molecule has 0 aromatic heterocycles. The Hall–Kier alpha value is -0.0800. The maximum Gasteiger partial charge on any atom is 0.0588 e. The summed E-state index contributed by atoms with van der Waals surface area (Å²) in [5, 5.41) is 0. The van der Waals surface area contributed by atoms with Crippen molar-refractivity contribution in [1.29, 1.82) is 0 Å². The van der Waals surface area contributed by atoms with E-state index in [1.165, 1.54) is 6.42 Å². The molecule has 0 aliphatic heterocycles. The smallest absolute Gasteiger partial charge is 0.0588 e. The van der Waals surface area contributed by atoms with E-state index in [0.29, 0.717) is 13.2 Å². The van der Waals surface area contributed by atoms with Crippen LogP contribution in [0.3, 0.4) is 0 Å². The first-order chi connectivity index (χ1) is 3.91. The van der Waals surface area contributed by atoms with Crippen LogP contribution in [0.25, 0.3) is 0 Å². The first-order valence-electron chi connectivity index (χ1n) is 3.19. The highest BCUT2D eigenvalue weighted by atomic mass is 16.5. The summed E-state index contributed by atoms with van der Waals surface area (Å²) in [4.78, 5) is 0. The Kier molecular flexibility index (Phi) is 6.85. The van der Waals surface area contributed by atoms with Crippen LogP contribution in [0.1, 0.15) is 19.8 Å². The van der Waals surface area contributed by atoms with Crippen molar-refractivity contribution in [1.82, 2.24) is 0 Å². The van der Waals surface area contributed by atoms with Crippen molar-refractivity contribution in [2.45, 2.75) is 19.8 Å². The summed E-state index contributed by atoms with van der Waals surface area (Å²) in [6.45, 7) is 4.36. The molecule has 8 heavy (non-hydrogen) atoms.